The average molecular weight is 353 g/mol. The van der Waals surface area contributed by atoms with Crippen LogP contribution in [0.1, 0.15) is 18.4 Å². The Balaban J connectivity index is 1.92. The van der Waals surface area contributed by atoms with E-state index in [1.54, 1.807) is 50.4 Å². The molecule has 1 atom stereocenters. The van der Waals surface area contributed by atoms with Gasteiger partial charge in [0.15, 0.2) is 5.71 Å². The fourth-order valence-electron chi connectivity index (χ4n) is 2.70. The minimum Gasteiger partial charge on any atom is -0.497 e. The molecule has 0 radical (unpaired) electrons. The van der Waals surface area contributed by atoms with Crippen LogP contribution >= 0.6 is 0 Å². The molecular formula is C19H19N3O4. The van der Waals surface area contributed by atoms with E-state index in [0.29, 0.717) is 22.7 Å². The van der Waals surface area contributed by atoms with Crippen molar-refractivity contribution < 1.29 is 19.1 Å². The predicted octanol–water partition coefficient (Wildman–Crippen LogP) is 2.76. The second-order valence-electron chi connectivity index (χ2n) is 5.57. The molecular weight excluding hydrogens is 334 g/mol. The Kier molecular flexibility index (Phi) is 5.17. The zero-order valence-corrected chi connectivity index (χ0v) is 14.5. The van der Waals surface area contributed by atoms with E-state index in [9.17, 15) is 9.59 Å². The van der Waals surface area contributed by atoms with Gasteiger partial charge in [0.25, 0.3) is 0 Å². The predicted molar refractivity (Wildman–Crippen MR) is 98.5 cm³/mol. The number of ether oxygens (including phenoxy) is 2. The minimum atomic E-state index is -0.823. The van der Waals surface area contributed by atoms with Crippen LogP contribution in [0.25, 0.3) is 0 Å². The molecule has 0 saturated heterocycles. The Labute approximate surface area is 151 Å². The molecule has 7 nitrogen and oxygen atoms in total. The highest BCUT2D eigenvalue weighted by Gasteiger charge is 2.38. The van der Waals surface area contributed by atoms with Crippen molar-refractivity contribution >= 4 is 29.0 Å². The lowest BCUT2D eigenvalue weighted by atomic mass is 9.95. The lowest BCUT2D eigenvalue weighted by Gasteiger charge is -2.12. The van der Waals surface area contributed by atoms with E-state index in [4.69, 9.17) is 9.47 Å². The molecule has 1 unspecified atom stereocenters. The summed E-state index contributed by atoms with van der Waals surface area (Å²) in [5.74, 6) is -1.06. The van der Waals surface area contributed by atoms with Gasteiger partial charge in [-0.3, -0.25) is 10.2 Å². The van der Waals surface area contributed by atoms with Gasteiger partial charge in [-0.05, 0) is 42.8 Å². The molecule has 1 heterocycles. The van der Waals surface area contributed by atoms with Crippen LogP contribution in [0, 0.1) is 0 Å². The summed E-state index contributed by atoms with van der Waals surface area (Å²) in [6.07, 6.45) is 0. The minimum absolute atomic E-state index is 0.00474. The van der Waals surface area contributed by atoms with Crippen molar-refractivity contribution in [1.82, 2.24) is 0 Å². The van der Waals surface area contributed by atoms with E-state index in [0.717, 1.165) is 0 Å². The van der Waals surface area contributed by atoms with E-state index in [1.807, 2.05) is 12.1 Å². The number of benzene rings is 2. The van der Waals surface area contributed by atoms with Gasteiger partial charge in [0.2, 0.25) is 5.91 Å². The summed E-state index contributed by atoms with van der Waals surface area (Å²) < 4.78 is 10.2. The molecule has 2 N–H and O–H groups in total. The summed E-state index contributed by atoms with van der Waals surface area (Å²) in [4.78, 5) is 24.8. The maximum atomic E-state index is 12.4. The van der Waals surface area contributed by atoms with Gasteiger partial charge in [-0.2, -0.15) is 5.10 Å². The molecule has 134 valence electrons. The number of fused-ring (bicyclic) bond motifs is 1. The quantitative estimate of drug-likeness (QED) is 0.474. The molecule has 1 amide bonds. The van der Waals surface area contributed by atoms with Crippen LogP contribution in [0.4, 0.5) is 11.4 Å². The van der Waals surface area contributed by atoms with Crippen molar-refractivity contribution in [3.63, 3.8) is 0 Å². The molecule has 1 aliphatic rings. The molecule has 26 heavy (non-hydrogen) atoms. The van der Waals surface area contributed by atoms with Crippen LogP contribution in [0.2, 0.25) is 0 Å². The first-order chi connectivity index (χ1) is 12.6. The summed E-state index contributed by atoms with van der Waals surface area (Å²) >= 11 is 0. The van der Waals surface area contributed by atoms with E-state index in [1.165, 1.54) is 0 Å². The van der Waals surface area contributed by atoms with Gasteiger partial charge in [0.1, 0.15) is 11.7 Å². The Bertz CT molecular complexity index is 846. The zero-order chi connectivity index (χ0) is 18.5. The number of hydrogen-bond donors (Lipinski definition) is 2. The lowest BCUT2D eigenvalue weighted by molar-refractivity contribution is -0.135. The summed E-state index contributed by atoms with van der Waals surface area (Å²) in [7, 11) is 1.58. The highest BCUT2D eigenvalue weighted by atomic mass is 16.5. The van der Waals surface area contributed by atoms with E-state index < -0.39 is 11.9 Å². The Hall–Kier alpha value is -3.35. The third-order valence-corrected chi connectivity index (χ3v) is 3.95. The van der Waals surface area contributed by atoms with Gasteiger partial charge in [0.05, 0.1) is 19.4 Å². The number of rotatable bonds is 6. The monoisotopic (exact) mass is 353 g/mol. The van der Waals surface area contributed by atoms with Gasteiger partial charge in [0, 0.05) is 5.69 Å². The molecule has 2 aromatic rings. The number of para-hydroxylation sites is 1. The van der Waals surface area contributed by atoms with Gasteiger partial charge in [-0.25, -0.2) is 4.79 Å². The number of amides is 1. The van der Waals surface area contributed by atoms with Crippen molar-refractivity contribution in [1.29, 1.82) is 0 Å². The molecule has 1 aliphatic heterocycles. The summed E-state index contributed by atoms with van der Waals surface area (Å²) in [5.41, 5.74) is 4.84. The number of nitrogens with one attached hydrogen (secondary N) is 2. The summed E-state index contributed by atoms with van der Waals surface area (Å²) in [6, 6.07) is 14.2. The van der Waals surface area contributed by atoms with Gasteiger partial charge in [-0.1, -0.05) is 18.2 Å². The Morgan fingerprint density at radius 1 is 1.19 bits per heavy atom. The number of hydrogen-bond acceptors (Lipinski definition) is 6. The molecule has 0 spiro atoms. The smallest absolute Gasteiger partial charge is 0.355 e. The van der Waals surface area contributed by atoms with Crippen LogP contribution in [-0.2, 0) is 14.3 Å². The van der Waals surface area contributed by atoms with Crippen molar-refractivity contribution in [2.24, 2.45) is 5.10 Å². The number of hydrazone groups is 1. The van der Waals surface area contributed by atoms with Crippen LogP contribution in [0.3, 0.4) is 0 Å². The number of esters is 1. The lowest BCUT2D eigenvalue weighted by Crippen LogP contribution is -2.30. The largest absolute Gasteiger partial charge is 0.497 e. The molecule has 0 aliphatic carbocycles. The zero-order valence-electron chi connectivity index (χ0n) is 14.5. The highest BCUT2D eigenvalue weighted by molar-refractivity contribution is 6.44. The molecule has 2 aromatic carbocycles. The molecule has 7 heteroatoms. The fourth-order valence-corrected chi connectivity index (χ4v) is 2.70. The average Bonchev–Trinajstić information content (AvgIpc) is 2.99. The maximum Gasteiger partial charge on any atom is 0.355 e. The van der Waals surface area contributed by atoms with Crippen molar-refractivity contribution in [2.45, 2.75) is 12.8 Å². The first kappa shape index (κ1) is 17.5. The van der Waals surface area contributed by atoms with Crippen LogP contribution < -0.4 is 15.5 Å². The summed E-state index contributed by atoms with van der Waals surface area (Å²) in [6.45, 7) is 1.89. The third-order valence-electron chi connectivity index (χ3n) is 3.95. The fraction of sp³-hybridized carbons (Fsp3) is 0.211. The second kappa shape index (κ2) is 7.69. The second-order valence-corrected chi connectivity index (χ2v) is 5.57. The number of carbonyl (C=O) groups is 2. The third kappa shape index (κ3) is 3.51. The van der Waals surface area contributed by atoms with Crippen molar-refractivity contribution in [2.75, 3.05) is 24.5 Å². The summed E-state index contributed by atoms with van der Waals surface area (Å²) in [5, 5.41) is 6.96. The van der Waals surface area contributed by atoms with Gasteiger partial charge in [-0.15, -0.1) is 0 Å². The van der Waals surface area contributed by atoms with Crippen molar-refractivity contribution in [3.05, 3.63) is 54.1 Å². The molecule has 0 aromatic heterocycles. The Morgan fingerprint density at radius 2 is 1.92 bits per heavy atom. The first-order valence-electron chi connectivity index (χ1n) is 8.18. The maximum absolute atomic E-state index is 12.4. The number of nitrogens with zero attached hydrogens (tertiary/aromatic N) is 1. The van der Waals surface area contributed by atoms with Crippen LogP contribution in [0.15, 0.2) is 53.6 Å². The SMILES string of the molecule is CCOC(=O)/C(=N\Nc1ccc(OC)cc1)C1C(=O)Nc2ccccc21. The topological polar surface area (TPSA) is 89.0 Å². The van der Waals surface area contributed by atoms with Crippen LogP contribution in [0.5, 0.6) is 5.75 Å². The highest BCUT2D eigenvalue weighted by Crippen LogP contribution is 2.33. The first-order valence-corrected chi connectivity index (χ1v) is 8.18. The number of anilines is 2. The molecule has 0 saturated carbocycles. The van der Waals surface area contributed by atoms with Crippen LogP contribution in [-0.4, -0.2) is 31.3 Å². The van der Waals surface area contributed by atoms with E-state index in [2.05, 4.69) is 15.8 Å². The van der Waals surface area contributed by atoms with Gasteiger partial charge < -0.3 is 14.8 Å². The molecule has 3 rings (SSSR count). The van der Waals surface area contributed by atoms with Crippen molar-refractivity contribution in [3.8, 4) is 5.75 Å². The number of methoxy groups -OCH3 is 1. The normalized spacial score (nSPS) is 15.8. The Morgan fingerprint density at radius 3 is 2.62 bits per heavy atom. The number of carbonyl (C=O) groups excluding carboxylic acids is 2. The van der Waals surface area contributed by atoms with E-state index in [-0.39, 0.29) is 18.2 Å². The van der Waals surface area contributed by atoms with E-state index >= 15 is 0 Å². The van der Waals surface area contributed by atoms with Gasteiger partial charge >= 0.3 is 5.97 Å². The molecule has 0 bridgehead atoms. The standard InChI is InChI=1S/C19H19N3O4/c1-3-26-19(24)17(22-21-12-8-10-13(25-2)11-9-12)16-14-6-4-5-7-15(14)20-18(16)23/h4-11,16,21H,3H2,1-2H3,(H,20,23)/b22-17-. The molecule has 0 fully saturated rings.